The third-order valence-electron chi connectivity index (χ3n) is 3.16. The van der Waals surface area contributed by atoms with Crippen LogP contribution in [0.4, 0.5) is 6.01 Å². The van der Waals surface area contributed by atoms with E-state index in [1.165, 1.54) is 0 Å². The van der Waals surface area contributed by atoms with E-state index in [1.807, 2.05) is 13.8 Å². The Morgan fingerprint density at radius 2 is 2.29 bits per heavy atom. The molecular weight excluding hydrogens is 220 g/mol. The molecule has 1 heterocycles. The molecule has 0 aromatic carbocycles. The summed E-state index contributed by atoms with van der Waals surface area (Å²) in [6.45, 7) is 3.93. The molecule has 2 atom stereocenters. The fourth-order valence-corrected chi connectivity index (χ4v) is 1.48. The van der Waals surface area contributed by atoms with Gasteiger partial charge in [0.1, 0.15) is 0 Å². The maximum Gasteiger partial charge on any atom is 0.322 e. The van der Waals surface area contributed by atoms with Gasteiger partial charge in [-0.05, 0) is 18.8 Å². The van der Waals surface area contributed by atoms with Gasteiger partial charge in [0.15, 0.2) is 0 Å². The molecule has 1 aliphatic rings. The van der Waals surface area contributed by atoms with Gasteiger partial charge in [-0.2, -0.15) is 0 Å². The number of rotatable bonds is 5. The molecule has 0 bridgehead atoms. The van der Waals surface area contributed by atoms with E-state index in [0.717, 1.165) is 19.3 Å². The Labute approximate surface area is 100.0 Å². The van der Waals surface area contributed by atoms with Crippen LogP contribution in [0.2, 0.25) is 0 Å². The number of hydrogen-bond acceptors (Lipinski definition) is 5. The molecule has 3 N–H and O–H groups in total. The predicted octanol–water partition coefficient (Wildman–Crippen LogP) is 1.26. The average molecular weight is 238 g/mol. The molecule has 0 saturated heterocycles. The zero-order valence-corrected chi connectivity index (χ0v) is 10.1. The number of hydrogen-bond donors (Lipinski definition) is 2. The van der Waals surface area contributed by atoms with Gasteiger partial charge in [0.2, 0.25) is 11.8 Å². The quantitative estimate of drug-likeness (QED) is 0.805. The van der Waals surface area contributed by atoms with Crippen molar-refractivity contribution in [3.63, 3.8) is 0 Å². The number of anilines is 1. The first kappa shape index (κ1) is 12.0. The lowest BCUT2D eigenvalue weighted by Gasteiger charge is -2.15. The monoisotopic (exact) mass is 238 g/mol. The van der Waals surface area contributed by atoms with Crippen molar-refractivity contribution in [1.82, 2.24) is 10.2 Å². The third kappa shape index (κ3) is 2.82. The Bertz CT molecular complexity index is 400. The fourth-order valence-electron chi connectivity index (χ4n) is 1.48. The van der Waals surface area contributed by atoms with E-state index >= 15 is 0 Å². The summed E-state index contributed by atoms with van der Waals surface area (Å²) in [6, 6.07) is -0.396. The smallest absolute Gasteiger partial charge is 0.322 e. The molecule has 2 rings (SSSR count). The van der Waals surface area contributed by atoms with Crippen LogP contribution < -0.4 is 11.1 Å². The highest BCUT2D eigenvalue weighted by Crippen LogP contribution is 2.39. The summed E-state index contributed by atoms with van der Waals surface area (Å²) in [4.78, 5) is 11.7. The first-order chi connectivity index (χ1) is 8.11. The molecule has 1 amide bonds. The van der Waals surface area contributed by atoms with E-state index in [-0.39, 0.29) is 17.8 Å². The summed E-state index contributed by atoms with van der Waals surface area (Å²) in [5.41, 5.74) is 5.80. The Hall–Kier alpha value is -1.43. The summed E-state index contributed by atoms with van der Waals surface area (Å²) in [5, 5.41) is 10.2. The lowest BCUT2D eigenvalue weighted by atomic mass is 10.00. The van der Waals surface area contributed by atoms with Gasteiger partial charge in [0.05, 0.1) is 6.04 Å². The molecule has 17 heavy (non-hydrogen) atoms. The number of nitrogens with one attached hydrogen (secondary N) is 1. The highest BCUT2D eigenvalue weighted by Gasteiger charge is 2.30. The third-order valence-corrected chi connectivity index (χ3v) is 3.16. The first-order valence-corrected chi connectivity index (χ1v) is 6.01. The number of nitrogens with zero attached hydrogens (tertiary/aromatic N) is 2. The Kier molecular flexibility index (Phi) is 3.42. The molecule has 1 aromatic heterocycles. The van der Waals surface area contributed by atoms with Crippen LogP contribution in [-0.2, 0) is 4.79 Å². The molecule has 2 unspecified atom stereocenters. The van der Waals surface area contributed by atoms with Crippen LogP contribution in [0.1, 0.15) is 44.9 Å². The zero-order chi connectivity index (χ0) is 12.4. The topological polar surface area (TPSA) is 94.0 Å². The van der Waals surface area contributed by atoms with E-state index in [4.69, 9.17) is 10.2 Å². The van der Waals surface area contributed by atoms with Crippen molar-refractivity contribution in [1.29, 1.82) is 0 Å². The minimum Gasteiger partial charge on any atom is -0.408 e. The van der Waals surface area contributed by atoms with Crippen molar-refractivity contribution < 1.29 is 9.21 Å². The van der Waals surface area contributed by atoms with Crippen molar-refractivity contribution in [3.05, 3.63) is 5.89 Å². The van der Waals surface area contributed by atoms with E-state index in [9.17, 15) is 4.79 Å². The van der Waals surface area contributed by atoms with E-state index < -0.39 is 6.04 Å². The molecule has 0 radical (unpaired) electrons. The van der Waals surface area contributed by atoms with Gasteiger partial charge in [-0.25, -0.2) is 0 Å². The number of nitrogens with two attached hydrogens (primary N) is 1. The molecule has 0 aliphatic heterocycles. The predicted molar refractivity (Wildman–Crippen MR) is 62.3 cm³/mol. The van der Waals surface area contributed by atoms with Gasteiger partial charge in [-0.15, -0.1) is 5.10 Å². The SMILES string of the molecule is CCC(C)C(N)C(=O)Nc1nnc(C2CC2)o1. The minimum atomic E-state index is -0.545. The van der Waals surface area contributed by atoms with Crippen LogP contribution in [-0.4, -0.2) is 22.1 Å². The van der Waals surface area contributed by atoms with Crippen LogP contribution in [0.25, 0.3) is 0 Å². The van der Waals surface area contributed by atoms with E-state index in [0.29, 0.717) is 11.8 Å². The lowest BCUT2D eigenvalue weighted by Crippen LogP contribution is -2.40. The average Bonchev–Trinajstić information content (AvgIpc) is 3.08. The molecule has 6 heteroatoms. The molecule has 1 aliphatic carbocycles. The summed E-state index contributed by atoms with van der Waals surface area (Å²) in [7, 11) is 0. The van der Waals surface area contributed by atoms with Crippen LogP contribution in [0.15, 0.2) is 4.42 Å². The Balaban J connectivity index is 1.92. The number of carbonyl (C=O) groups excluding carboxylic acids is 1. The van der Waals surface area contributed by atoms with Gasteiger partial charge in [-0.1, -0.05) is 25.4 Å². The van der Waals surface area contributed by atoms with Gasteiger partial charge in [0, 0.05) is 5.92 Å². The van der Waals surface area contributed by atoms with Crippen molar-refractivity contribution >= 4 is 11.9 Å². The van der Waals surface area contributed by atoms with Crippen LogP contribution in [0.3, 0.4) is 0 Å². The van der Waals surface area contributed by atoms with Gasteiger partial charge < -0.3 is 10.2 Å². The number of carbonyl (C=O) groups is 1. The summed E-state index contributed by atoms with van der Waals surface area (Å²) in [6.07, 6.45) is 3.02. The van der Waals surface area contributed by atoms with Crippen molar-refractivity contribution in [3.8, 4) is 0 Å². The molecule has 1 fully saturated rings. The van der Waals surface area contributed by atoms with Crippen LogP contribution in [0, 0.1) is 5.92 Å². The van der Waals surface area contributed by atoms with Crippen LogP contribution >= 0.6 is 0 Å². The summed E-state index contributed by atoms with van der Waals surface area (Å²) >= 11 is 0. The molecule has 1 saturated carbocycles. The Morgan fingerprint density at radius 3 is 2.88 bits per heavy atom. The first-order valence-electron chi connectivity index (χ1n) is 6.01. The van der Waals surface area contributed by atoms with Gasteiger partial charge in [-0.3, -0.25) is 10.1 Å². The second-order valence-corrected chi connectivity index (χ2v) is 4.62. The Morgan fingerprint density at radius 1 is 1.59 bits per heavy atom. The molecule has 94 valence electrons. The van der Waals surface area contributed by atoms with Crippen molar-refractivity contribution in [2.75, 3.05) is 5.32 Å². The highest BCUT2D eigenvalue weighted by atomic mass is 16.4. The molecular formula is C11H18N4O2. The van der Waals surface area contributed by atoms with Crippen molar-refractivity contribution in [2.24, 2.45) is 11.7 Å². The standard InChI is InChI=1S/C11H18N4O2/c1-3-6(2)8(12)9(16)13-11-15-14-10(17-11)7-4-5-7/h6-8H,3-5,12H2,1-2H3,(H,13,15,16). The summed E-state index contributed by atoms with van der Waals surface area (Å²) < 4.78 is 5.33. The minimum absolute atomic E-state index is 0.126. The highest BCUT2D eigenvalue weighted by molar-refractivity contribution is 5.93. The van der Waals surface area contributed by atoms with Crippen LogP contribution in [0.5, 0.6) is 0 Å². The van der Waals surface area contributed by atoms with Gasteiger partial charge in [0.25, 0.3) is 0 Å². The zero-order valence-electron chi connectivity index (χ0n) is 10.1. The lowest BCUT2D eigenvalue weighted by molar-refractivity contribution is -0.118. The second-order valence-electron chi connectivity index (χ2n) is 4.62. The van der Waals surface area contributed by atoms with Crippen molar-refractivity contribution in [2.45, 2.75) is 45.1 Å². The van der Waals surface area contributed by atoms with E-state index in [1.54, 1.807) is 0 Å². The van der Waals surface area contributed by atoms with Gasteiger partial charge >= 0.3 is 6.01 Å². The molecule has 0 spiro atoms. The van der Waals surface area contributed by atoms with E-state index in [2.05, 4.69) is 15.5 Å². The largest absolute Gasteiger partial charge is 0.408 e. The molecule has 6 nitrogen and oxygen atoms in total. The maximum atomic E-state index is 11.7. The number of amides is 1. The number of aromatic nitrogens is 2. The normalized spacial score (nSPS) is 18.8. The summed E-state index contributed by atoms with van der Waals surface area (Å²) in [5.74, 6) is 0.847. The second kappa shape index (κ2) is 4.83. The fraction of sp³-hybridized carbons (Fsp3) is 0.727. The molecule has 1 aromatic rings. The maximum absolute atomic E-state index is 11.7.